The predicted octanol–water partition coefficient (Wildman–Crippen LogP) is 2.88. The molecule has 0 saturated carbocycles. The van der Waals surface area contributed by atoms with E-state index in [1.807, 2.05) is 43.5 Å². The van der Waals surface area contributed by atoms with Crippen molar-refractivity contribution in [1.82, 2.24) is 4.98 Å². The van der Waals surface area contributed by atoms with Crippen LogP contribution in [0.4, 0.5) is 5.69 Å². The molecule has 0 saturated heterocycles. The fourth-order valence-electron chi connectivity index (χ4n) is 1.68. The van der Waals surface area contributed by atoms with Crippen molar-refractivity contribution in [3.63, 3.8) is 0 Å². The number of thiazole rings is 1. The molecule has 4 nitrogen and oxygen atoms in total. The van der Waals surface area contributed by atoms with Crippen molar-refractivity contribution < 1.29 is 4.79 Å². The molecule has 2 aromatic rings. The lowest BCUT2D eigenvalue weighted by molar-refractivity contribution is -0.117. The van der Waals surface area contributed by atoms with Gasteiger partial charge in [-0.2, -0.15) is 0 Å². The molecule has 1 amide bonds. The maximum Gasteiger partial charge on any atom is 0.226 e. The van der Waals surface area contributed by atoms with Gasteiger partial charge in [0, 0.05) is 34.8 Å². The third kappa shape index (κ3) is 4.15. The van der Waals surface area contributed by atoms with E-state index in [1.165, 1.54) is 0 Å². The summed E-state index contributed by atoms with van der Waals surface area (Å²) in [5.74, 6) is -0.0745. The zero-order valence-electron chi connectivity index (χ0n) is 11.0. The molecule has 0 aliphatic carbocycles. The number of nitrogens with one attached hydrogen (secondary N) is 1. The van der Waals surface area contributed by atoms with Crippen molar-refractivity contribution in [1.29, 1.82) is 0 Å². The standard InChI is InChI=1S/C14H17N3OS/c1-14(2,15)9-12(18)17-11-5-3-10(4-6-11)13-16-7-8-19-13/h3-8H,9,15H2,1-2H3,(H,17,18). The number of benzene rings is 1. The summed E-state index contributed by atoms with van der Waals surface area (Å²) in [6, 6.07) is 7.64. The van der Waals surface area contributed by atoms with Crippen LogP contribution in [0, 0.1) is 0 Å². The van der Waals surface area contributed by atoms with E-state index in [1.54, 1.807) is 17.5 Å². The Balaban J connectivity index is 2.01. The predicted molar refractivity (Wildman–Crippen MR) is 79.1 cm³/mol. The van der Waals surface area contributed by atoms with Crippen molar-refractivity contribution in [2.75, 3.05) is 5.32 Å². The quantitative estimate of drug-likeness (QED) is 0.901. The van der Waals surface area contributed by atoms with Gasteiger partial charge in [0.15, 0.2) is 0 Å². The van der Waals surface area contributed by atoms with Gasteiger partial charge >= 0.3 is 0 Å². The number of hydrogen-bond acceptors (Lipinski definition) is 4. The molecular formula is C14H17N3OS. The highest BCUT2D eigenvalue weighted by Crippen LogP contribution is 2.23. The first kappa shape index (κ1) is 13.7. The topological polar surface area (TPSA) is 68.0 Å². The highest BCUT2D eigenvalue weighted by Gasteiger charge is 2.16. The number of anilines is 1. The van der Waals surface area contributed by atoms with Gasteiger partial charge < -0.3 is 11.1 Å². The second kappa shape index (κ2) is 5.50. The number of hydrogen-bond donors (Lipinski definition) is 2. The first-order chi connectivity index (χ1) is 8.94. The average molecular weight is 275 g/mol. The third-order valence-corrected chi connectivity index (χ3v) is 3.29. The number of carbonyl (C=O) groups excluding carboxylic acids is 1. The Labute approximate surface area is 116 Å². The Bertz CT molecular complexity index is 541. The summed E-state index contributed by atoms with van der Waals surface area (Å²) in [6.45, 7) is 3.66. The molecule has 0 atom stereocenters. The number of aromatic nitrogens is 1. The summed E-state index contributed by atoms with van der Waals surface area (Å²) in [4.78, 5) is 16.0. The fraction of sp³-hybridized carbons (Fsp3) is 0.286. The minimum atomic E-state index is -0.495. The molecule has 19 heavy (non-hydrogen) atoms. The molecule has 0 fully saturated rings. The Morgan fingerprint density at radius 1 is 1.37 bits per heavy atom. The maximum atomic E-state index is 11.7. The van der Waals surface area contributed by atoms with Gasteiger partial charge in [-0.15, -0.1) is 11.3 Å². The van der Waals surface area contributed by atoms with Crippen LogP contribution in [-0.4, -0.2) is 16.4 Å². The Morgan fingerprint density at radius 2 is 2.05 bits per heavy atom. The molecule has 2 rings (SSSR count). The van der Waals surface area contributed by atoms with Crippen LogP contribution in [-0.2, 0) is 4.79 Å². The Kier molecular flexibility index (Phi) is 3.97. The van der Waals surface area contributed by atoms with Crippen molar-refractivity contribution in [3.8, 4) is 10.6 Å². The van der Waals surface area contributed by atoms with E-state index in [2.05, 4.69) is 10.3 Å². The second-order valence-corrected chi connectivity index (χ2v) is 6.02. The smallest absolute Gasteiger partial charge is 0.226 e. The molecular weight excluding hydrogens is 258 g/mol. The first-order valence-electron chi connectivity index (χ1n) is 6.03. The lowest BCUT2D eigenvalue weighted by Gasteiger charge is -2.17. The molecule has 0 aliphatic heterocycles. The molecule has 1 aromatic carbocycles. The summed E-state index contributed by atoms with van der Waals surface area (Å²) in [5.41, 5.74) is 7.14. The largest absolute Gasteiger partial charge is 0.326 e. The van der Waals surface area contributed by atoms with Gasteiger partial charge in [-0.3, -0.25) is 4.79 Å². The van der Waals surface area contributed by atoms with Crippen molar-refractivity contribution in [2.24, 2.45) is 5.73 Å². The number of nitrogens with zero attached hydrogens (tertiary/aromatic N) is 1. The minimum absolute atomic E-state index is 0.0745. The van der Waals surface area contributed by atoms with Crippen LogP contribution in [0.1, 0.15) is 20.3 Å². The molecule has 1 aromatic heterocycles. The zero-order valence-corrected chi connectivity index (χ0v) is 11.8. The normalized spacial score (nSPS) is 11.3. The van der Waals surface area contributed by atoms with Crippen LogP contribution in [0.5, 0.6) is 0 Å². The molecule has 0 radical (unpaired) electrons. The highest BCUT2D eigenvalue weighted by atomic mass is 32.1. The summed E-state index contributed by atoms with van der Waals surface area (Å²) in [5, 5.41) is 5.75. The van der Waals surface area contributed by atoms with Crippen LogP contribution in [0.25, 0.3) is 10.6 Å². The minimum Gasteiger partial charge on any atom is -0.326 e. The monoisotopic (exact) mass is 275 g/mol. The van der Waals surface area contributed by atoms with Gasteiger partial charge in [0.25, 0.3) is 0 Å². The lowest BCUT2D eigenvalue weighted by Crippen LogP contribution is -2.36. The van der Waals surface area contributed by atoms with Crippen molar-refractivity contribution in [2.45, 2.75) is 25.8 Å². The first-order valence-corrected chi connectivity index (χ1v) is 6.91. The fourth-order valence-corrected chi connectivity index (χ4v) is 2.33. The molecule has 0 spiro atoms. The maximum absolute atomic E-state index is 11.7. The van der Waals surface area contributed by atoms with E-state index in [0.717, 1.165) is 16.3 Å². The molecule has 5 heteroatoms. The van der Waals surface area contributed by atoms with Gasteiger partial charge in [0.2, 0.25) is 5.91 Å². The summed E-state index contributed by atoms with van der Waals surface area (Å²) >= 11 is 1.59. The summed E-state index contributed by atoms with van der Waals surface area (Å²) in [6.07, 6.45) is 2.07. The van der Waals surface area contributed by atoms with Gasteiger partial charge in [-0.05, 0) is 38.1 Å². The zero-order chi connectivity index (χ0) is 13.9. The summed E-state index contributed by atoms with van der Waals surface area (Å²) < 4.78 is 0. The molecule has 0 bridgehead atoms. The average Bonchev–Trinajstić information content (AvgIpc) is 2.80. The van der Waals surface area contributed by atoms with Crippen LogP contribution < -0.4 is 11.1 Å². The molecule has 100 valence electrons. The van der Waals surface area contributed by atoms with E-state index in [-0.39, 0.29) is 5.91 Å². The highest BCUT2D eigenvalue weighted by molar-refractivity contribution is 7.13. The van der Waals surface area contributed by atoms with Crippen LogP contribution in [0.2, 0.25) is 0 Å². The van der Waals surface area contributed by atoms with Gasteiger partial charge in [-0.25, -0.2) is 4.98 Å². The second-order valence-electron chi connectivity index (χ2n) is 5.13. The SMILES string of the molecule is CC(C)(N)CC(=O)Nc1ccc(-c2nccs2)cc1. The number of rotatable bonds is 4. The Morgan fingerprint density at radius 3 is 2.58 bits per heavy atom. The molecule has 0 unspecified atom stereocenters. The molecule has 3 N–H and O–H groups in total. The number of carbonyl (C=O) groups is 1. The number of amides is 1. The van der Waals surface area contributed by atoms with Crippen LogP contribution >= 0.6 is 11.3 Å². The summed E-state index contributed by atoms with van der Waals surface area (Å²) in [7, 11) is 0. The van der Waals surface area contributed by atoms with E-state index >= 15 is 0 Å². The van der Waals surface area contributed by atoms with Crippen molar-refractivity contribution >= 4 is 22.9 Å². The van der Waals surface area contributed by atoms with E-state index in [4.69, 9.17) is 5.73 Å². The third-order valence-electron chi connectivity index (χ3n) is 2.46. The van der Waals surface area contributed by atoms with E-state index in [9.17, 15) is 4.79 Å². The van der Waals surface area contributed by atoms with Gasteiger partial charge in [0.05, 0.1) is 0 Å². The van der Waals surface area contributed by atoms with Crippen LogP contribution in [0.15, 0.2) is 35.8 Å². The number of nitrogens with two attached hydrogens (primary N) is 1. The lowest BCUT2D eigenvalue weighted by atomic mass is 10.0. The Hall–Kier alpha value is -1.72. The van der Waals surface area contributed by atoms with Crippen molar-refractivity contribution in [3.05, 3.63) is 35.8 Å². The van der Waals surface area contributed by atoms with E-state index < -0.39 is 5.54 Å². The van der Waals surface area contributed by atoms with Gasteiger partial charge in [0.1, 0.15) is 5.01 Å². The van der Waals surface area contributed by atoms with E-state index in [0.29, 0.717) is 6.42 Å². The van der Waals surface area contributed by atoms with Gasteiger partial charge in [-0.1, -0.05) is 0 Å². The molecule has 1 heterocycles. The molecule has 0 aliphatic rings. The van der Waals surface area contributed by atoms with Crippen LogP contribution in [0.3, 0.4) is 0 Å².